The Kier molecular flexibility index (Phi) is 6.67. The largest absolute Gasteiger partial charge is 0.125 e. The molecule has 0 aliphatic heterocycles. The Hall–Kier alpha value is 0.320. The van der Waals surface area contributed by atoms with E-state index in [2.05, 4.69) is 6.58 Å². The molecule has 0 spiro atoms. The second-order valence-electron chi connectivity index (χ2n) is 1.97. The van der Waals surface area contributed by atoms with Gasteiger partial charge in [0.05, 0.1) is 0 Å². The van der Waals surface area contributed by atoms with Crippen molar-refractivity contribution in [1.82, 2.24) is 0 Å². The lowest BCUT2D eigenvalue weighted by atomic mass is 10.2. The minimum atomic E-state index is 0.145. The monoisotopic (exact) mass is 166 g/mol. The number of allylic oxidation sites excluding steroid dienone is 1. The van der Waals surface area contributed by atoms with Crippen LogP contribution in [0.3, 0.4) is 0 Å². The molecule has 9 heavy (non-hydrogen) atoms. The molecule has 0 aliphatic rings. The van der Waals surface area contributed by atoms with Gasteiger partial charge >= 0.3 is 0 Å². The number of alkyl halides is 2. The quantitative estimate of drug-likeness (QED) is 0.335. The van der Waals surface area contributed by atoms with Crippen molar-refractivity contribution in [2.75, 3.05) is 5.88 Å². The third-order valence-corrected chi connectivity index (χ3v) is 2.00. The molecule has 0 amide bonds. The molecule has 0 nitrogen and oxygen atoms in total. The van der Waals surface area contributed by atoms with Crippen molar-refractivity contribution in [3.63, 3.8) is 0 Å². The van der Waals surface area contributed by atoms with Gasteiger partial charge in [0.2, 0.25) is 0 Å². The lowest BCUT2D eigenvalue weighted by molar-refractivity contribution is 0.740. The highest BCUT2D eigenvalue weighted by molar-refractivity contribution is 6.28. The molecule has 0 aromatic carbocycles. The molecule has 0 rings (SSSR count). The van der Waals surface area contributed by atoms with E-state index < -0.39 is 0 Å². The molecule has 0 fully saturated rings. The van der Waals surface area contributed by atoms with Crippen molar-refractivity contribution in [2.24, 2.45) is 0 Å². The summed E-state index contributed by atoms with van der Waals surface area (Å²) in [7, 11) is 0. The van der Waals surface area contributed by atoms with Gasteiger partial charge in [0.15, 0.2) is 0 Å². The predicted octanol–water partition coefficient (Wildman–Crippen LogP) is 3.19. The zero-order chi connectivity index (χ0) is 7.11. The van der Waals surface area contributed by atoms with Crippen LogP contribution in [0, 0.1) is 0 Å². The minimum absolute atomic E-state index is 0.145. The first-order valence-corrected chi connectivity index (χ1v) is 4.09. The lowest BCUT2D eigenvalue weighted by Crippen LogP contribution is -1.98. The zero-order valence-electron chi connectivity index (χ0n) is 5.45. The number of hydrogen-bond acceptors (Lipinski definition) is 0. The van der Waals surface area contributed by atoms with E-state index in [1.807, 2.05) is 6.08 Å². The van der Waals surface area contributed by atoms with Crippen molar-refractivity contribution in [3.05, 3.63) is 12.7 Å². The Morgan fingerprint density at radius 2 is 2.22 bits per heavy atom. The molecule has 54 valence electrons. The fourth-order valence-corrected chi connectivity index (χ4v) is 0.869. The summed E-state index contributed by atoms with van der Waals surface area (Å²) in [5.41, 5.74) is 0. The first-order chi connectivity index (χ1) is 4.31. The number of rotatable bonds is 5. The van der Waals surface area contributed by atoms with Crippen LogP contribution in [0.4, 0.5) is 0 Å². The molecular weight excluding hydrogens is 155 g/mol. The normalized spacial score (nSPS) is 13.1. The number of unbranched alkanes of at least 4 members (excludes halogenated alkanes) is 1. The highest BCUT2D eigenvalue weighted by Gasteiger charge is 1.99. The van der Waals surface area contributed by atoms with Crippen LogP contribution in [-0.4, -0.2) is 11.3 Å². The second-order valence-corrected chi connectivity index (χ2v) is 2.90. The third kappa shape index (κ3) is 6.20. The van der Waals surface area contributed by atoms with Gasteiger partial charge in [-0.2, -0.15) is 0 Å². The van der Waals surface area contributed by atoms with E-state index in [0.29, 0.717) is 5.88 Å². The molecule has 0 radical (unpaired) electrons. The molecule has 0 aromatic heterocycles. The average molecular weight is 167 g/mol. The minimum Gasteiger partial charge on any atom is -0.125 e. The highest BCUT2D eigenvalue weighted by atomic mass is 35.5. The zero-order valence-corrected chi connectivity index (χ0v) is 6.96. The van der Waals surface area contributed by atoms with E-state index in [9.17, 15) is 0 Å². The third-order valence-electron chi connectivity index (χ3n) is 1.09. The molecule has 0 saturated carbocycles. The first kappa shape index (κ1) is 9.32. The molecule has 0 N–H and O–H groups in total. The van der Waals surface area contributed by atoms with Gasteiger partial charge in [0, 0.05) is 11.3 Å². The van der Waals surface area contributed by atoms with Gasteiger partial charge in [0.1, 0.15) is 0 Å². The Balaban J connectivity index is 2.96. The van der Waals surface area contributed by atoms with Gasteiger partial charge in [0.25, 0.3) is 0 Å². The number of hydrogen-bond donors (Lipinski definition) is 0. The van der Waals surface area contributed by atoms with Gasteiger partial charge in [-0.15, -0.1) is 29.8 Å². The summed E-state index contributed by atoms with van der Waals surface area (Å²) in [6, 6.07) is 0. The topological polar surface area (TPSA) is 0 Å². The van der Waals surface area contributed by atoms with Crippen molar-refractivity contribution >= 4 is 23.2 Å². The fourth-order valence-electron chi connectivity index (χ4n) is 0.561. The standard InChI is InChI=1S/C7H12Cl2/c1-2-3-4-5-7(9)6-8/h2,7H,1,3-6H2. The van der Waals surface area contributed by atoms with Crippen LogP contribution in [0.25, 0.3) is 0 Å². The van der Waals surface area contributed by atoms with Crippen molar-refractivity contribution in [1.29, 1.82) is 0 Å². The average Bonchev–Trinajstić information content (AvgIpc) is 1.89. The molecule has 0 bridgehead atoms. The van der Waals surface area contributed by atoms with Crippen LogP contribution in [0.1, 0.15) is 19.3 Å². The van der Waals surface area contributed by atoms with Crippen molar-refractivity contribution < 1.29 is 0 Å². The van der Waals surface area contributed by atoms with E-state index in [1.165, 1.54) is 0 Å². The van der Waals surface area contributed by atoms with Gasteiger partial charge in [-0.25, -0.2) is 0 Å². The van der Waals surface area contributed by atoms with Crippen molar-refractivity contribution in [3.8, 4) is 0 Å². The van der Waals surface area contributed by atoms with Crippen LogP contribution in [0.2, 0.25) is 0 Å². The summed E-state index contributed by atoms with van der Waals surface area (Å²) in [6.07, 6.45) is 5.04. The summed E-state index contributed by atoms with van der Waals surface area (Å²) in [6.45, 7) is 3.61. The van der Waals surface area contributed by atoms with Gasteiger partial charge in [-0.1, -0.05) is 6.08 Å². The summed E-state index contributed by atoms with van der Waals surface area (Å²) >= 11 is 11.2. The second kappa shape index (κ2) is 6.44. The predicted molar refractivity (Wildman–Crippen MR) is 44.4 cm³/mol. The summed E-state index contributed by atoms with van der Waals surface area (Å²) < 4.78 is 0. The maximum absolute atomic E-state index is 5.73. The lowest BCUT2D eigenvalue weighted by Gasteiger charge is -2.01. The molecule has 0 aromatic rings. The summed E-state index contributed by atoms with van der Waals surface area (Å²) in [5.74, 6) is 0.554. The van der Waals surface area contributed by atoms with Crippen LogP contribution >= 0.6 is 23.2 Å². The van der Waals surface area contributed by atoms with E-state index in [1.54, 1.807) is 0 Å². The maximum Gasteiger partial charge on any atom is 0.0471 e. The van der Waals surface area contributed by atoms with Gasteiger partial charge in [-0.3, -0.25) is 0 Å². The molecule has 0 aliphatic carbocycles. The van der Waals surface area contributed by atoms with E-state index in [-0.39, 0.29) is 5.38 Å². The number of halogens is 2. The maximum atomic E-state index is 5.73. The Morgan fingerprint density at radius 1 is 1.56 bits per heavy atom. The van der Waals surface area contributed by atoms with E-state index >= 15 is 0 Å². The van der Waals surface area contributed by atoms with E-state index in [4.69, 9.17) is 23.2 Å². The summed E-state index contributed by atoms with van der Waals surface area (Å²) in [4.78, 5) is 0. The van der Waals surface area contributed by atoms with Gasteiger partial charge in [-0.05, 0) is 19.3 Å². The van der Waals surface area contributed by atoms with Crippen LogP contribution in [0.15, 0.2) is 12.7 Å². The van der Waals surface area contributed by atoms with E-state index in [0.717, 1.165) is 19.3 Å². The Labute approximate surface area is 66.8 Å². The molecular formula is C7H12Cl2. The van der Waals surface area contributed by atoms with Crippen LogP contribution < -0.4 is 0 Å². The SMILES string of the molecule is C=CCCCC(Cl)CCl. The van der Waals surface area contributed by atoms with Gasteiger partial charge < -0.3 is 0 Å². The molecule has 1 unspecified atom stereocenters. The fraction of sp³-hybridized carbons (Fsp3) is 0.714. The Bertz CT molecular complexity index is 71.3. The Morgan fingerprint density at radius 3 is 2.67 bits per heavy atom. The molecule has 0 heterocycles. The molecule has 2 heteroatoms. The van der Waals surface area contributed by atoms with Crippen LogP contribution in [0.5, 0.6) is 0 Å². The highest BCUT2D eigenvalue weighted by Crippen LogP contribution is 2.08. The molecule has 1 atom stereocenters. The smallest absolute Gasteiger partial charge is 0.0471 e. The van der Waals surface area contributed by atoms with Crippen LogP contribution in [-0.2, 0) is 0 Å². The molecule has 0 saturated heterocycles. The summed E-state index contributed by atoms with van der Waals surface area (Å²) in [5, 5.41) is 0.145. The first-order valence-electron chi connectivity index (χ1n) is 3.12. The van der Waals surface area contributed by atoms with Crippen molar-refractivity contribution in [2.45, 2.75) is 24.6 Å².